The molecule has 1 aromatic rings. The van der Waals surface area contributed by atoms with Crippen molar-refractivity contribution in [2.45, 2.75) is 39.7 Å². The Bertz CT molecular complexity index is 461. The summed E-state index contributed by atoms with van der Waals surface area (Å²) >= 11 is 1.52. The molecule has 1 aromatic heterocycles. The number of likely N-dealkylation sites (tertiary alicyclic amines) is 1. The molecule has 0 spiro atoms. The number of nitrogens with zero attached hydrogens (tertiary/aromatic N) is 2. The highest BCUT2D eigenvalue weighted by molar-refractivity contribution is 7.15. The quantitative estimate of drug-likeness (QED) is 0.818. The normalized spacial score (nSPS) is 19.2. The minimum atomic E-state index is -0.328. The second-order valence-electron chi connectivity index (χ2n) is 4.95. The average molecular weight is 297 g/mol. The number of hydrogen-bond acceptors (Lipinski definition) is 6. The Morgan fingerprint density at radius 3 is 3.05 bits per heavy atom. The highest BCUT2D eigenvalue weighted by Crippen LogP contribution is 2.24. The molecular formula is C14H23N3O2S. The van der Waals surface area contributed by atoms with Crippen LogP contribution in [0, 0.1) is 6.92 Å². The predicted octanol–water partition coefficient (Wildman–Crippen LogP) is 2.52. The number of hydrogen-bond donors (Lipinski definition) is 1. The zero-order valence-electron chi connectivity index (χ0n) is 12.4. The van der Waals surface area contributed by atoms with E-state index >= 15 is 0 Å². The Morgan fingerprint density at radius 2 is 2.35 bits per heavy atom. The SMILES string of the molecule is CCOC(=O)c1nc(NCC2CCCN2CC)sc1C. The van der Waals surface area contributed by atoms with Crippen molar-refractivity contribution in [3.05, 3.63) is 10.6 Å². The van der Waals surface area contributed by atoms with Crippen LogP contribution in [-0.4, -0.2) is 48.1 Å². The molecular weight excluding hydrogens is 274 g/mol. The van der Waals surface area contributed by atoms with Crippen LogP contribution in [0.4, 0.5) is 5.13 Å². The van der Waals surface area contributed by atoms with Gasteiger partial charge in [-0.15, -0.1) is 11.3 Å². The Hall–Kier alpha value is -1.14. The first-order valence-corrected chi connectivity index (χ1v) is 8.09. The van der Waals surface area contributed by atoms with Gasteiger partial charge < -0.3 is 10.1 Å². The Balaban J connectivity index is 1.93. The minimum absolute atomic E-state index is 0.328. The second-order valence-corrected chi connectivity index (χ2v) is 6.15. The molecule has 1 unspecified atom stereocenters. The lowest BCUT2D eigenvalue weighted by molar-refractivity contribution is 0.0519. The fourth-order valence-electron chi connectivity index (χ4n) is 2.61. The summed E-state index contributed by atoms with van der Waals surface area (Å²) in [5, 5.41) is 4.18. The van der Waals surface area contributed by atoms with Gasteiger partial charge >= 0.3 is 5.97 Å². The van der Waals surface area contributed by atoms with Crippen molar-refractivity contribution in [3.63, 3.8) is 0 Å². The van der Waals surface area contributed by atoms with E-state index in [4.69, 9.17) is 4.74 Å². The van der Waals surface area contributed by atoms with Gasteiger partial charge in [0, 0.05) is 17.5 Å². The fraction of sp³-hybridized carbons (Fsp3) is 0.714. The third-order valence-electron chi connectivity index (χ3n) is 3.66. The van der Waals surface area contributed by atoms with Gasteiger partial charge in [0.25, 0.3) is 0 Å². The van der Waals surface area contributed by atoms with Gasteiger partial charge in [-0.3, -0.25) is 4.90 Å². The molecule has 0 bridgehead atoms. The topological polar surface area (TPSA) is 54.5 Å². The molecule has 2 rings (SSSR count). The van der Waals surface area contributed by atoms with Crippen molar-refractivity contribution in [2.24, 2.45) is 0 Å². The van der Waals surface area contributed by atoms with Crippen LogP contribution in [0.1, 0.15) is 42.1 Å². The van der Waals surface area contributed by atoms with Gasteiger partial charge in [-0.25, -0.2) is 9.78 Å². The van der Waals surface area contributed by atoms with Crippen LogP contribution in [0.2, 0.25) is 0 Å². The molecule has 5 nitrogen and oxygen atoms in total. The maximum Gasteiger partial charge on any atom is 0.358 e. The molecule has 112 valence electrons. The highest BCUT2D eigenvalue weighted by Gasteiger charge is 2.23. The van der Waals surface area contributed by atoms with Crippen LogP contribution in [0.15, 0.2) is 0 Å². The maximum absolute atomic E-state index is 11.7. The lowest BCUT2D eigenvalue weighted by Gasteiger charge is -2.22. The van der Waals surface area contributed by atoms with E-state index in [1.54, 1.807) is 6.92 Å². The molecule has 2 heterocycles. The molecule has 1 fully saturated rings. The summed E-state index contributed by atoms with van der Waals surface area (Å²) in [6, 6.07) is 0.579. The molecule has 0 radical (unpaired) electrons. The maximum atomic E-state index is 11.7. The molecule has 1 aliphatic rings. The largest absolute Gasteiger partial charge is 0.461 e. The standard InChI is InChI=1S/C14H23N3O2S/c1-4-17-8-6-7-11(17)9-15-14-16-12(10(3)20-14)13(18)19-5-2/h11H,4-9H2,1-3H3,(H,15,16). The summed E-state index contributed by atoms with van der Waals surface area (Å²) in [4.78, 5) is 19.5. The van der Waals surface area contributed by atoms with Gasteiger partial charge in [-0.1, -0.05) is 6.92 Å². The number of esters is 1. The van der Waals surface area contributed by atoms with Crippen LogP contribution in [-0.2, 0) is 4.74 Å². The molecule has 0 amide bonds. The van der Waals surface area contributed by atoms with Crippen molar-refractivity contribution < 1.29 is 9.53 Å². The van der Waals surface area contributed by atoms with Crippen LogP contribution >= 0.6 is 11.3 Å². The van der Waals surface area contributed by atoms with Gasteiger partial charge in [0.05, 0.1) is 6.61 Å². The first kappa shape index (κ1) is 15.3. The number of nitrogens with one attached hydrogen (secondary N) is 1. The number of anilines is 1. The van der Waals surface area contributed by atoms with Crippen molar-refractivity contribution >= 4 is 22.4 Å². The van der Waals surface area contributed by atoms with E-state index in [-0.39, 0.29) is 5.97 Å². The van der Waals surface area contributed by atoms with Gasteiger partial charge in [-0.2, -0.15) is 0 Å². The molecule has 0 aliphatic carbocycles. The van der Waals surface area contributed by atoms with Gasteiger partial charge in [0.15, 0.2) is 10.8 Å². The van der Waals surface area contributed by atoms with Crippen LogP contribution < -0.4 is 5.32 Å². The van der Waals surface area contributed by atoms with E-state index < -0.39 is 0 Å². The first-order valence-electron chi connectivity index (χ1n) is 7.28. The number of carbonyl (C=O) groups excluding carboxylic acids is 1. The molecule has 20 heavy (non-hydrogen) atoms. The molecule has 0 aromatic carbocycles. The molecule has 1 atom stereocenters. The van der Waals surface area contributed by atoms with E-state index in [0.29, 0.717) is 18.3 Å². The zero-order valence-corrected chi connectivity index (χ0v) is 13.3. The summed E-state index contributed by atoms with van der Waals surface area (Å²) in [7, 11) is 0. The van der Waals surface area contributed by atoms with Crippen LogP contribution in [0.3, 0.4) is 0 Å². The summed E-state index contributed by atoms with van der Waals surface area (Å²) in [6.45, 7) is 9.46. The molecule has 1 N–H and O–H groups in total. The van der Waals surface area contributed by atoms with Crippen LogP contribution in [0.5, 0.6) is 0 Å². The lowest BCUT2D eigenvalue weighted by atomic mass is 10.2. The summed E-state index contributed by atoms with van der Waals surface area (Å²) in [5.74, 6) is -0.328. The molecule has 1 saturated heterocycles. The number of aromatic nitrogens is 1. The Morgan fingerprint density at radius 1 is 1.55 bits per heavy atom. The van der Waals surface area contributed by atoms with Crippen molar-refractivity contribution in [1.29, 1.82) is 0 Å². The number of thiazole rings is 1. The molecule has 0 saturated carbocycles. The molecule has 1 aliphatic heterocycles. The van der Waals surface area contributed by atoms with E-state index in [9.17, 15) is 4.79 Å². The summed E-state index contributed by atoms with van der Waals surface area (Å²) in [5.41, 5.74) is 0.443. The zero-order chi connectivity index (χ0) is 14.5. The van der Waals surface area contributed by atoms with Crippen LogP contribution in [0.25, 0.3) is 0 Å². The second kappa shape index (κ2) is 7.04. The first-order chi connectivity index (χ1) is 9.65. The number of likely N-dealkylation sites (N-methyl/N-ethyl adjacent to an activating group) is 1. The predicted molar refractivity (Wildman–Crippen MR) is 81.6 cm³/mol. The average Bonchev–Trinajstić information content (AvgIpc) is 3.02. The summed E-state index contributed by atoms with van der Waals surface area (Å²) < 4.78 is 5.00. The molecule has 6 heteroatoms. The Kier molecular flexibility index (Phi) is 5.37. The van der Waals surface area contributed by atoms with E-state index in [0.717, 1.165) is 23.1 Å². The number of rotatable bonds is 6. The lowest BCUT2D eigenvalue weighted by Crippen LogP contribution is -2.34. The summed E-state index contributed by atoms with van der Waals surface area (Å²) in [6.07, 6.45) is 2.50. The smallest absolute Gasteiger partial charge is 0.358 e. The highest BCUT2D eigenvalue weighted by atomic mass is 32.1. The third-order valence-corrected chi connectivity index (χ3v) is 4.59. The number of ether oxygens (including phenoxy) is 1. The third kappa shape index (κ3) is 3.49. The fourth-order valence-corrected chi connectivity index (χ4v) is 3.42. The number of aryl methyl sites for hydroxylation is 1. The van der Waals surface area contributed by atoms with Crippen molar-refractivity contribution in [3.8, 4) is 0 Å². The Labute approximate surface area is 124 Å². The van der Waals surface area contributed by atoms with E-state index in [2.05, 4.69) is 22.1 Å². The van der Waals surface area contributed by atoms with Gasteiger partial charge in [-0.05, 0) is 39.8 Å². The van der Waals surface area contributed by atoms with Crippen molar-refractivity contribution in [1.82, 2.24) is 9.88 Å². The van der Waals surface area contributed by atoms with E-state index in [1.807, 2.05) is 6.92 Å². The van der Waals surface area contributed by atoms with Gasteiger partial charge in [0.2, 0.25) is 0 Å². The number of carbonyl (C=O) groups is 1. The van der Waals surface area contributed by atoms with Gasteiger partial charge in [0.1, 0.15) is 0 Å². The van der Waals surface area contributed by atoms with E-state index in [1.165, 1.54) is 30.7 Å². The van der Waals surface area contributed by atoms with Crippen molar-refractivity contribution in [2.75, 3.05) is 31.6 Å². The minimum Gasteiger partial charge on any atom is -0.461 e. The monoisotopic (exact) mass is 297 g/mol.